The minimum absolute atomic E-state index is 0.0527. The molecule has 2 aliphatic heterocycles. The number of benzene rings is 1. The quantitative estimate of drug-likeness (QED) is 0.875. The summed E-state index contributed by atoms with van der Waals surface area (Å²) in [6.07, 6.45) is 2.02. The summed E-state index contributed by atoms with van der Waals surface area (Å²) in [4.78, 5) is 15.1. The smallest absolute Gasteiger partial charge is 0.242 e. The number of hydrogen-bond donors (Lipinski definition) is 2. The van der Waals surface area contributed by atoms with Crippen LogP contribution in [0.4, 0.5) is 4.39 Å². The van der Waals surface area contributed by atoms with E-state index in [4.69, 9.17) is 4.74 Å². The molecule has 0 saturated carbocycles. The number of amides is 1. The molecular weight excluding hydrogens is 309 g/mol. The molecule has 0 bridgehead atoms. The first-order valence-corrected chi connectivity index (χ1v) is 8.76. The molecular formula is C18H26FN3O2. The predicted octanol–water partition coefficient (Wildman–Crippen LogP) is 1.46. The summed E-state index contributed by atoms with van der Waals surface area (Å²) in [6, 6.07) is 6.25. The lowest BCUT2D eigenvalue weighted by atomic mass is 9.98. The second kappa shape index (κ2) is 8.05. The largest absolute Gasteiger partial charge is 0.379 e. The number of rotatable bonds is 4. The van der Waals surface area contributed by atoms with Crippen LogP contribution in [0.2, 0.25) is 0 Å². The standard InChI is InChI=1S/C18H26FN3O2/c1-13-16(6-3-7-20-13)21-18(23)17(22-8-10-24-11-9-22)14-4-2-5-15(19)12-14/h2,4-5,12-13,16-17,20H,3,6-11H2,1H3,(H,21,23). The Hall–Kier alpha value is -1.50. The van der Waals surface area contributed by atoms with Crippen molar-refractivity contribution in [1.82, 2.24) is 15.5 Å². The van der Waals surface area contributed by atoms with Crippen molar-refractivity contribution in [3.05, 3.63) is 35.6 Å². The lowest BCUT2D eigenvalue weighted by Gasteiger charge is -2.36. The molecule has 0 spiro atoms. The van der Waals surface area contributed by atoms with Gasteiger partial charge in [0.25, 0.3) is 0 Å². The van der Waals surface area contributed by atoms with Crippen LogP contribution in [0, 0.1) is 5.82 Å². The first kappa shape index (κ1) is 17.3. The van der Waals surface area contributed by atoms with Gasteiger partial charge in [0.15, 0.2) is 0 Å². The molecule has 1 amide bonds. The number of piperidine rings is 1. The van der Waals surface area contributed by atoms with Crippen molar-refractivity contribution < 1.29 is 13.9 Å². The first-order valence-electron chi connectivity index (χ1n) is 8.76. The number of carbonyl (C=O) groups is 1. The molecule has 0 radical (unpaired) electrons. The van der Waals surface area contributed by atoms with E-state index in [9.17, 15) is 9.18 Å². The molecule has 2 N–H and O–H groups in total. The van der Waals surface area contributed by atoms with Crippen LogP contribution in [-0.4, -0.2) is 55.7 Å². The van der Waals surface area contributed by atoms with Gasteiger partial charge in [0, 0.05) is 25.2 Å². The molecule has 0 aromatic heterocycles. The minimum atomic E-state index is -0.473. The topological polar surface area (TPSA) is 53.6 Å². The summed E-state index contributed by atoms with van der Waals surface area (Å²) in [5, 5.41) is 6.57. The number of carbonyl (C=O) groups excluding carboxylic acids is 1. The van der Waals surface area contributed by atoms with Gasteiger partial charge in [0.05, 0.1) is 13.2 Å². The van der Waals surface area contributed by atoms with Crippen LogP contribution in [0.3, 0.4) is 0 Å². The Labute approximate surface area is 142 Å². The lowest BCUT2D eigenvalue weighted by Crippen LogP contribution is -2.55. The van der Waals surface area contributed by atoms with Crippen LogP contribution in [0.25, 0.3) is 0 Å². The van der Waals surface area contributed by atoms with E-state index in [1.165, 1.54) is 12.1 Å². The number of halogens is 1. The van der Waals surface area contributed by atoms with Crippen LogP contribution >= 0.6 is 0 Å². The Bertz CT molecular complexity index is 563. The fraction of sp³-hybridized carbons (Fsp3) is 0.611. The molecule has 2 fully saturated rings. The van der Waals surface area contributed by atoms with Crippen molar-refractivity contribution in [3.8, 4) is 0 Å². The first-order chi connectivity index (χ1) is 11.6. The summed E-state index contributed by atoms with van der Waals surface area (Å²) in [5.74, 6) is -0.366. The monoisotopic (exact) mass is 335 g/mol. The van der Waals surface area contributed by atoms with E-state index in [1.54, 1.807) is 6.07 Å². The van der Waals surface area contributed by atoms with Gasteiger partial charge in [0.1, 0.15) is 11.9 Å². The SMILES string of the molecule is CC1NCCCC1NC(=O)C(c1cccc(F)c1)N1CCOCC1. The maximum Gasteiger partial charge on any atom is 0.242 e. The Morgan fingerprint density at radius 2 is 2.21 bits per heavy atom. The van der Waals surface area contributed by atoms with E-state index in [1.807, 2.05) is 6.07 Å². The molecule has 24 heavy (non-hydrogen) atoms. The fourth-order valence-corrected chi connectivity index (χ4v) is 3.54. The maximum atomic E-state index is 13.7. The summed E-state index contributed by atoms with van der Waals surface area (Å²) < 4.78 is 19.1. The fourth-order valence-electron chi connectivity index (χ4n) is 3.54. The van der Waals surface area contributed by atoms with Crippen LogP contribution in [-0.2, 0) is 9.53 Å². The van der Waals surface area contributed by atoms with E-state index < -0.39 is 6.04 Å². The average molecular weight is 335 g/mol. The lowest BCUT2D eigenvalue weighted by molar-refractivity contribution is -0.129. The van der Waals surface area contributed by atoms with Crippen molar-refractivity contribution in [2.75, 3.05) is 32.8 Å². The summed E-state index contributed by atoms with van der Waals surface area (Å²) in [6.45, 7) is 5.63. The molecule has 2 aliphatic rings. The van der Waals surface area contributed by atoms with E-state index in [0.29, 0.717) is 31.9 Å². The zero-order valence-corrected chi connectivity index (χ0v) is 14.1. The van der Waals surface area contributed by atoms with Gasteiger partial charge in [-0.15, -0.1) is 0 Å². The van der Waals surface area contributed by atoms with Gasteiger partial charge >= 0.3 is 0 Å². The Balaban J connectivity index is 1.79. The molecule has 0 aliphatic carbocycles. The zero-order chi connectivity index (χ0) is 16.9. The summed E-state index contributed by atoms with van der Waals surface area (Å²) >= 11 is 0. The average Bonchev–Trinajstić information content (AvgIpc) is 2.58. The number of nitrogens with one attached hydrogen (secondary N) is 2. The van der Waals surface area contributed by atoms with Gasteiger partial charge in [-0.2, -0.15) is 0 Å². The molecule has 3 atom stereocenters. The number of nitrogens with zero attached hydrogens (tertiary/aromatic N) is 1. The Morgan fingerprint density at radius 1 is 1.42 bits per heavy atom. The maximum absolute atomic E-state index is 13.7. The molecule has 132 valence electrons. The minimum Gasteiger partial charge on any atom is -0.379 e. The van der Waals surface area contributed by atoms with E-state index in [0.717, 1.165) is 19.4 Å². The molecule has 6 heteroatoms. The molecule has 2 heterocycles. The van der Waals surface area contributed by atoms with Gasteiger partial charge in [-0.3, -0.25) is 9.69 Å². The highest BCUT2D eigenvalue weighted by atomic mass is 19.1. The Kier molecular flexibility index (Phi) is 5.81. The molecule has 2 saturated heterocycles. The van der Waals surface area contributed by atoms with Gasteiger partial charge < -0.3 is 15.4 Å². The summed E-state index contributed by atoms with van der Waals surface area (Å²) in [7, 11) is 0. The second-order valence-electron chi connectivity index (χ2n) is 6.61. The molecule has 5 nitrogen and oxygen atoms in total. The third-order valence-electron chi connectivity index (χ3n) is 4.91. The number of hydrogen-bond acceptors (Lipinski definition) is 4. The highest BCUT2D eigenvalue weighted by Crippen LogP contribution is 2.24. The highest BCUT2D eigenvalue weighted by Gasteiger charge is 2.32. The number of ether oxygens (including phenoxy) is 1. The van der Waals surface area contributed by atoms with Crippen molar-refractivity contribution in [2.45, 2.75) is 37.9 Å². The highest BCUT2D eigenvalue weighted by molar-refractivity contribution is 5.83. The van der Waals surface area contributed by atoms with Gasteiger partial charge in [-0.1, -0.05) is 12.1 Å². The van der Waals surface area contributed by atoms with Crippen molar-refractivity contribution in [2.24, 2.45) is 0 Å². The number of morpholine rings is 1. The van der Waals surface area contributed by atoms with Crippen LogP contribution in [0.5, 0.6) is 0 Å². The molecule has 1 aromatic rings. The summed E-state index contributed by atoms with van der Waals surface area (Å²) in [5.41, 5.74) is 0.700. The van der Waals surface area contributed by atoms with Crippen LogP contribution in [0.15, 0.2) is 24.3 Å². The van der Waals surface area contributed by atoms with Crippen LogP contribution in [0.1, 0.15) is 31.4 Å². The second-order valence-corrected chi connectivity index (χ2v) is 6.61. The normalized spacial score (nSPS) is 26.8. The molecule has 1 aromatic carbocycles. The van der Waals surface area contributed by atoms with Gasteiger partial charge in [-0.05, 0) is 44.0 Å². The van der Waals surface area contributed by atoms with Crippen molar-refractivity contribution >= 4 is 5.91 Å². The van der Waals surface area contributed by atoms with Crippen molar-refractivity contribution in [3.63, 3.8) is 0 Å². The van der Waals surface area contributed by atoms with E-state index in [2.05, 4.69) is 22.5 Å². The Morgan fingerprint density at radius 3 is 2.92 bits per heavy atom. The zero-order valence-electron chi connectivity index (χ0n) is 14.1. The van der Waals surface area contributed by atoms with Crippen molar-refractivity contribution in [1.29, 1.82) is 0 Å². The van der Waals surface area contributed by atoms with Crippen LogP contribution < -0.4 is 10.6 Å². The van der Waals surface area contributed by atoms with E-state index >= 15 is 0 Å². The van der Waals surface area contributed by atoms with Gasteiger partial charge in [-0.25, -0.2) is 4.39 Å². The molecule has 3 rings (SSSR count). The van der Waals surface area contributed by atoms with E-state index in [-0.39, 0.29) is 23.8 Å². The predicted molar refractivity (Wildman–Crippen MR) is 90.2 cm³/mol. The third-order valence-corrected chi connectivity index (χ3v) is 4.91. The van der Waals surface area contributed by atoms with Gasteiger partial charge in [0.2, 0.25) is 5.91 Å². The molecule has 3 unspecified atom stereocenters. The third kappa shape index (κ3) is 4.12.